The number of carbonyl (C=O) groups excluding carboxylic acids is 2. The molecule has 2 amide bonds. The second-order valence-corrected chi connectivity index (χ2v) is 5.41. The lowest BCUT2D eigenvalue weighted by Crippen LogP contribution is -2.48. The van der Waals surface area contributed by atoms with Crippen molar-refractivity contribution >= 4 is 11.8 Å². The van der Waals surface area contributed by atoms with E-state index in [9.17, 15) is 14.0 Å². The quantitative estimate of drug-likeness (QED) is 0.757. The fourth-order valence-corrected chi connectivity index (χ4v) is 2.16. The largest absolute Gasteiger partial charge is 0.368 e. The number of hydrogen-bond donors (Lipinski definition) is 3. The van der Waals surface area contributed by atoms with Crippen molar-refractivity contribution in [2.24, 2.45) is 11.7 Å². The summed E-state index contributed by atoms with van der Waals surface area (Å²) in [5.41, 5.74) is 6.73. The lowest BCUT2D eigenvalue weighted by Gasteiger charge is -2.20. The highest BCUT2D eigenvalue weighted by atomic mass is 19.1. The lowest BCUT2D eigenvalue weighted by molar-refractivity contribution is -0.120. The smallest absolute Gasteiger partial charge is 0.269 e. The Morgan fingerprint density at radius 2 is 2.00 bits per heavy atom. The van der Waals surface area contributed by atoms with Crippen molar-refractivity contribution in [1.29, 1.82) is 0 Å². The van der Waals surface area contributed by atoms with Gasteiger partial charge in [0.25, 0.3) is 5.91 Å². The first kappa shape index (κ1) is 16.7. The summed E-state index contributed by atoms with van der Waals surface area (Å²) in [6, 6.07) is 6.56. The molecule has 0 saturated carbocycles. The number of primary amides is 1. The molecule has 0 fully saturated rings. The normalized spacial score (nSPS) is 13.3. The zero-order valence-electron chi connectivity index (χ0n) is 13.0. The molecule has 6 nitrogen and oxygen atoms in total. The van der Waals surface area contributed by atoms with E-state index in [1.54, 1.807) is 12.1 Å². The predicted octanol–water partition coefficient (Wildman–Crippen LogP) is 1.85. The summed E-state index contributed by atoms with van der Waals surface area (Å²) < 4.78 is 12.9. The van der Waals surface area contributed by atoms with Crippen molar-refractivity contribution in [2.75, 3.05) is 0 Å². The molecule has 0 aliphatic heterocycles. The fraction of sp³-hybridized carbons (Fsp3) is 0.312. The molecule has 7 heteroatoms. The van der Waals surface area contributed by atoms with Crippen LogP contribution in [-0.4, -0.2) is 28.1 Å². The molecule has 0 saturated heterocycles. The van der Waals surface area contributed by atoms with Gasteiger partial charge in [-0.2, -0.15) is 5.10 Å². The number of nitrogens with two attached hydrogens (primary N) is 1. The van der Waals surface area contributed by atoms with Crippen molar-refractivity contribution in [3.05, 3.63) is 41.8 Å². The maximum atomic E-state index is 12.9. The first-order chi connectivity index (χ1) is 10.9. The van der Waals surface area contributed by atoms with E-state index in [1.165, 1.54) is 18.2 Å². The number of benzene rings is 1. The van der Waals surface area contributed by atoms with Crippen molar-refractivity contribution in [1.82, 2.24) is 15.5 Å². The summed E-state index contributed by atoms with van der Waals surface area (Å²) in [6.45, 7) is 3.75. The highest BCUT2D eigenvalue weighted by molar-refractivity contribution is 5.96. The number of nitrogens with one attached hydrogen (secondary N) is 2. The van der Waals surface area contributed by atoms with E-state index in [2.05, 4.69) is 15.5 Å². The molecule has 0 aliphatic carbocycles. The summed E-state index contributed by atoms with van der Waals surface area (Å²) in [6.07, 6.45) is 0.706. The summed E-state index contributed by atoms with van der Waals surface area (Å²) in [4.78, 5) is 23.7. The summed E-state index contributed by atoms with van der Waals surface area (Å²) in [5, 5.41) is 9.25. The maximum Gasteiger partial charge on any atom is 0.269 e. The van der Waals surface area contributed by atoms with Gasteiger partial charge in [-0.25, -0.2) is 4.39 Å². The Morgan fingerprint density at radius 3 is 2.57 bits per heavy atom. The van der Waals surface area contributed by atoms with E-state index in [1.807, 2.05) is 13.8 Å². The zero-order valence-corrected chi connectivity index (χ0v) is 13.0. The number of rotatable bonds is 6. The van der Waals surface area contributed by atoms with Gasteiger partial charge in [-0.15, -0.1) is 0 Å². The number of H-pyrrole nitrogens is 1. The third kappa shape index (κ3) is 3.94. The minimum absolute atomic E-state index is 0.0732. The Labute approximate surface area is 133 Å². The van der Waals surface area contributed by atoms with E-state index >= 15 is 0 Å². The number of nitrogens with zero attached hydrogens (tertiary/aromatic N) is 1. The molecule has 0 bridgehead atoms. The van der Waals surface area contributed by atoms with Crippen LogP contribution >= 0.6 is 0 Å². The van der Waals surface area contributed by atoms with Gasteiger partial charge in [0.1, 0.15) is 17.6 Å². The average molecular weight is 318 g/mol. The highest BCUT2D eigenvalue weighted by Gasteiger charge is 2.24. The Bertz CT molecular complexity index is 696. The predicted molar refractivity (Wildman–Crippen MR) is 83.9 cm³/mol. The van der Waals surface area contributed by atoms with Crippen LogP contribution in [0.4, 0.5) is 4.39 Å². The van der Waals surface area contributed by atoms with E-state index < -0.39 is 17.9 Å². The molecule has 0 spiro atoms. The Hall–Kier alpha value is -2.70. The monoisotopic (exact) mass is 318 g/mol. The minimum Gasteiger partial charge on any atom is -0.368 e. The maximum absolute atomic E-state index is 12.9. The first-order valence-corrected chi connectivity index (χ1v) is 7.34. The van der Waals surface area contributed by atoms with E-state index in [4.69, 9.17) is 5.73 Å². The molecule has 2 unspecified atom stereocenters. The van der Waals surface area contributed by atoms with E-state index in [-0.39, 0.29) is 17.4 Å². The van der Waals surface area contributed by atoms with Crippen LogP contribution in [0.25, 0.3) is 11.3 Å². The number of amides is 2. The molecule has 1 heterocycles. The third-order valence-electron chi connectivity index (χ3n) is 3.77. The minimum atomic E-state index is -0.745. The number of aromatic amines is 1. The average Bonchev–Trinajstić information content (AvgIpc) is 3.02. The molecular weight excluding hydrogens is 299 g/mol. The molecule has 122 valence electrons. The van der Waals surface area contributed by atoms with Crippen LogP contribution in [0.15, 0.2) is 30.3 Å². The van der Waals surface area contributed by atoms with Crippen LogP contribution in [0, 0.1) is 11.7 Å². The van der Waals surface area contributed by atoms with Crippen LogP contribution in [0.3, 0.4) is 0 Å². The summed E-state index contributed by atoms with van der Waals surface area (Å²) in [5.74, 6) is -1.46. The van der Waals surface area contributed by atoms with Crippen LogP contribution < -0.4 is 11.1 Å². The molecule has 1 aromatic carbocycles. The van der Waals surface area contributed by atoms with Gasteiger partial charge in [0.15, 0.2) is 0 Å². The summed E-state index contributed by atoms with van der Waals surface area (Å²) >= 11 is 0. The SMILES string of the molecule is CCC(C)C(NC(=O)c1cc(-c2ccc(F)cc2)n[nH]1)C(N)=O. The van der Waals surface area contributed by atoms with Crippen molar-refractivity contribution in [3.8, 4) is 11.3 Å². The molecule has 0 aliphatic rings. The van der Waals surface area contributed by atoms with Gasteiger partial charge in [0, 0.05) is 5.56 Å². The van der Waals surface area contributed by atoms with Gasteiger partial charge in [-0.05, 0) is 36.2 Å². The number of hydrogen-bond acceptors (Lipinski definition) is 3. The van der Waals surface area contributed by atoms with Gasteiger partial charge in [-0.1, -0.05) is 20.3 Å². The first-order valence-electron chi connectivity index (χ1n) is 7.34. The van der Waals surface area contributed by atoms with Crippen molar-refractivity contribution < 1.29 is 14.0 Å². The Balaban J connectivity index is 2.14. The second-order valence-electron chi connectivity index (χ2n) is 5.41. The fourth-order valence-electron chi connectivity index (χ4n) is 2.16. The Kier molecular flexibility index (Phi) is 5.10. The van der Waals surface area contributed by atoms with Gasteiger partial charge in [0.2, 0.25) is 5.91 Å². The third-order valence-corrected chi connectivity index (χ3v) is 3.77. The highest BCUT2D eigenvalue weighted by Crippen LogP contribution is 2.18. The van der Waals surface area contributed by atoms with Crippen LogP contribution in [0.2, 0.25) is 0 Å². The van der Waals surface area contributed by atoms with E-state index in [0.29, 0.717) is 17.7 Å². The zero-order chi connectivity index (χ0) is 17.0. The Morgan fingerprint density at radius 1 is 1.35 bits per heavy atom. The molecular formula is C16H19FN4O2. The lowest BCUT2D eigenvalue weighted by atomic mass is 9.98. The number of halogens is 1. The van der Waals surface area contributed by atoms with Crippen LogP contribution in [-0.2, 0) is 4.79 Å². The van der Waals surface area contributed by atoms with Gasteiger partial charge in [0.05, 0.1) is 5.69 Å². The molecule has 1 aromatic heterocycles. The molecule has 0 radical (unpaired) electrons. The van der Waals surface area contributed by atoms with Crippen LogP contribution in [0.5, 0.6) is 0 Å². The molecule has 2 aromatic rings. The van der Waals surface area contributed by atoms with E-state index in [0.717, 1.165) is 0 Å². The van der Waals surface area contributed by atoms with Crippen molar-refractivity contribution in [2.45, 2.75) is 26.3 Å². The molecule has 2 atom stereocenters. The van der Waals surface area contributed by atoms with Crippen LogP contribution in [0.1, 0.15) is 30.8 Å². The van der Waals surface area contributed by atoms with Crippen molar-refractivity contribution in [3.63, 3.8) is 0 Å². The second kappa shape index (κ2) is 7.04. The molecule has 4 N–H and O–H groups in total. The summed E-state index contributed by atoms with van der Waals surface area (Å²) in [7, 11) is 0. The standard InChI is InChI=1S/C16H19FN4O2/c1-3-9(2)14(15(18)22)19-16(23)13-8-12(20-21-13)10-4-6-11(17)7-5-10/h4-9,14H,3H2,1-2H3,(H2,18,22)(H,19,23)(H,20,21). The van der Waals surface area contributed by atoms with Gasteiger partial charge in [-0.3, -0.25) is 14.7 Å². The van der Waals surface area contributed by atoms with Gasteiger partial charge < -0.3 is 11.1 Å². The number of aromatic nitrogens is 2. The molecule has 23 heavy (non-hydrogen) atoms. The van der Waals surface area contributed by atoms with Gasteiger partial charge >= 0.3 is 0 Å². The topological polar surface area (TPSA) is 101 Å². The molecule has 2 rings (SSSR count). The number of carbonyl (C=O) groups is 2.